The summed E-state index contributed by atoms with van der Waals surface area (Å²) in [5.74, 6) is -0.0872. The fourth-order valence-electron chi connectivity index (χ4n) is 3.59. The quantitative estimate of drug-likeness (QED) is 0.524. The molecule has 29 heavy (non-hydrogen) atoms. The van der Waals surface area contributed by atoms with Crippen LogP contribution in [0.4, 0.5) is 5.69 Å². The van der Waals surface area contributed by atoms with Crippen LogP contribution in [0.15, 0.2) is 79.3 Å². The van der Waals surface area contributed by atoms with Crippen LogP contribution in [0, 0.1) is 0 Å². The van der Waals surface area contributed by atoms with Crippen molar-refractivity contribution in [2.24, 2.45) is 0 Å². The van der Waals surface area contributed by atoms with E-state index in [1.54, 1.807) is 24.5 Å². The first-order chi connectivity index (χ1) is 14.1. The Morgan fingerprint density at radius 2 is 1.86 bits per heavy atom. The van der Waals surface area contributed by atoms with Gasteiger partial charge in [0.15, 0.2) is 0 Å². The van der Waals surface area contributed by atoms with E-state index in [2.05, 4.69) is 56.6 Å². The van der Waals surface area contributed by atoms with Crippen LogP contribution < -0.4 is 10.2 Å². The Labute approximate surface area is 170 Å². The van der Waals surface area contributed by atoms with Gasteiger partial charge in [0.05, 0.1) is 5.56 Å². The number of carbonyl (C=O) groups excluding carboxylic acids is 1. The molecule has 0 spiro atoms. The molecule has 2 aromatic carbocycles. The van der Waals surface area contributed by atoms with Crippen molar-refractivity contribution in [3.63, 3.8) is 0 Å². The molecule has 0 aliphatic heterocycles. The number of rotatable bonds is 6. The van der Waals surface area contributed by atoms with Gasteiger partial charge < -0.3 is 15.2 Å². The number of hydrogen-bond acceptors (Lipinski definition) is 3. The standard InChI is InChI=1S/C24H24N4O/c1-28(2)19-11-9-17(10-12-19)21(15-27-24(29)18-6-5-13-25-14-18)22-16-26-23-8-4-3-7-20(22)23/h3-14,16,21,26H,15H2,1-2H3,(H,27,29). The summed E-state index contributed by atoms with van der Waals surface area (Å²) in [6.07, 6.45) is 5.30. The first-order valence-corrected chi connectivity index (χ1v) is 9.65. The number of pyridine rings is 1. The number of fused-ring (bicyclic) bond motifs is 1. The van der Waals surface area contributed by atoms with Crippen molar-refractivity contribution in [2.75, 3.05) is 25.5 Å². The number of carbonyl (C=O) groups is 1. The second-order valence-electron chi connectivity index (χ2n) is 7.28. The maximum Gasteiger partial charge on any atom is 0.252 e. The smallest absolute Gasteiger partial charge is 0.252 e. The summed E-state index contributed by atoms with van der Waals surface area (Å²) in [6.45, 7) is 0.497. The van der Waals surface area contributed by atoms with Crippen molar-refractivity contribution < 1.29 is 4.79 Å². The van der Waals surface area contributed by atoms with Crippen LogP contribution in [-0.2, 0) is 0 Å². The Balaban J connectivity index is 1.66. The molecule has 2 N–H and O–H groups in total. The SMILES string of the molecule is CN(C)c1ccc(C(CNC(=O)c2cccnc2)c2c[nH]c3ccccc23)cc1. The van der Waals surface area contributed by atoms with Gasteiger partial charge in [0.25, 0.3) is 5.91 Å². The summed E-state index contributed by atoms with van der Waals surface area (Å²) in [5, 5.41) is 4.26. The molecule has 5 heteroatoms. The van der Waals surface area contributed by atoms with Crippen molar-refractivity contribution >= 4 is 22.5 Å². The Morgan fingerprint density at radius 1 is 1.07 bits per heavy atom. The first-order valence-electron chi connectivity index (χ1n) is 9.65. The molecule has 1 unspecified atom stereocenters. The van der Waals surface area contributed by atoms with Crippen molar-refractivity contribution in [3.8, 4) is 0 Å². The number of nitrogens with one attached hydrogen (secondary N) is 2. The lowest BCUT2D eigenvalue weighted by Crippen LogP contribution is -2.29. The van der Waals surface area contributed by atoms with Gasteiger partial charge in [-0.1, -0.05) is 30.3 Å². The zero-order valence-electron chi connectivity index (χ0n) is 16.6. The summed E-state index contributed by atoms with van der Waals surface area (Å²) in [6, 6.07) is 20.3. The third-order valence-corrected chi connectivity index (χ3v) is 5.20. The van der Waals surface area contributed by atoms with Crippen LogP contribution in [-0.4, -0.2) is 36.5 Å². The minimum absolute atomic E-state index is 0.0305. The topological polar surface area (TPSA) is 61.0 Å². The summed E-state index contributed by atoms with van der Waals surface area (Å²) in [5.41, 5.74) is 5.13. The Bertz CT molecular complexity index is 1100. The molecule has 1 amide bonds. The van der Waals surface area contributed by atoms with Gasteiger partial charge in [0, 0.05) is 61.7 Å². The van der Waals surface area contributed by atoms with Crippen LogP contribution in [0.2, 0.25) is 0 Å². The third-order valence-electron chi connectivity index (χ3n) is 5.20. The number of amides is 1. The Kier molecular flexibility index (Phi) is 5.29. The number of aromatic amines is 1. The minimum atomic E-state index is -0.118. The van der Waals surface area contributed by atoms with E-state index in [9.17, 15) is 4.79 Å². The average Bonchev–Trinajstić information content (AvgIpc) is 3.19. The number of H-pyrrole nitrogens is 1. The highest BCUT2D eigenvalue weighted by Gasteiger charge is 2.19. The normalized spacial score (nSPS) is 11.9. The minimum Gasteiger partial charge on any atom is -0.378 e. The molecule has 0 saturated carbocycles. The van der Waals surface area contributed by atoms with E-state index in [1.807, 2.05) is 32.4 Å². The first kappa shape index (κ1) is 18.7. The number of benzene rings is 2. The molecule has 0 radical (unpaired) electrons. The van der Waals surface area contributed by atoms with E-state index in [0.29, 0.717) is 12.1 Å². The third kappa shape index (κ3) is 3.99. The maximum absolute atomic E-state index is 12.6. The fraction of sp³-hybridized carbons (Fsp3) is 0.167. The molecule has 2 aromatic heterocycles. The molecule has 4 rings (SSSR count). The molecule has 0 fully saturated rings. The van der Waals surface area contributed by atoms with Crippen LogP contribution in [0.3, 0.4) is 0 Å². The van der Waals surface area contributed by atoms with Crippen molar-refractivity contribution in [2.45, 2.75) is 5.92 Å². The van der Waals surface area contributed by atoms with Gasteiger partial charge in [0.2, 0.25) is 0 Å². The Morgan fingerprint density at radius 3 is 2.59 bits per heavy atom. The van der Waals surface area contributed by atoms with Gasteiger partial charge in [0.1, 0.15) is 0 Å². The summed E-state index contributed by atoms with van der Waals surface area (Å²) in [7, 11) is 4.06. The fourth-order valence-corrected chi connectivity index (χ4v) is 3.59. The lowest BCUT2D eigenvalue weighted by molar-refractivity contribution is 0.0952. The van der Waals surface area contributed by atoms with Crippen LogP contribution in [0.5, 0.6) is 0 Å². The molecular weight excluding hydrogens is 360 g/mol. The predicted octanol–water partition coefficient (Wildman–Crippen LogP) is 4.19. The van der Waals surface area contributed by atoms with Crippen LogP contribution in [0.1, 0.15) is 27.4 Å². The van der Waals surface area contributed by atoms with Crippen molar-refractivity contribution in [1.29, 1.82) is 0 Å². The van der Waals surface area contributed by atoms with Crippen molar-refractivity contribution in [1.82, 2.24) is 15.3 Å². The van der Waals surface area contributed by atoms with E-state index in [4.69, 9.17) is 0 Å². The number of nitrogens with zero attached hydrogens (tertiary/aromatic N) is 2. The average molecular weight is 384 g/mol. The summed E-state index contributed by atoms with van der Waals surface area (Å²) >= 11 is 0. The van der Waals surface area contributed by atoms with Crippen molar-refractivity contribution in [3.05, 3.63) is 95.9 Å². The van der Waals surface area contributed by atoms with E-state index in [0.717, 1.165) is 16.8 Å². The van der Waals surface area contributed by atoms with Crippen LogP contribution in [0.25, 0.3) is 10.9 Å². The number of anilines is 1. The zero-order valence-corrected chi connectivity index (χ0v) is 16.6. The number of hydrogen-bond donors (Lipinski definition) is 2. The molecule has 0 aliphatic carbocycles. The zero-order chi connectivity index (χ0) is 20.2. The van der Waals surface area contributed by atoms with E-state index in [1.165, 1.54) is 10.9 Å². The molecule has 2 heterocycles. The van der Waals surface area contributed by atoms with E-state index >= 15 is 0 Å². The molecule has 1 atom stereocenters. The molecule has 146 valence electrons. The second-order valence-corrected chi connectivity index (χ2v) is 7.28. The Hall–Kier alpha value is -3.60. The van der Waals surface area contributed by atoms with E-state index < -0.39 is 0 Å². The van der Waals surface area contributed by atoms with Gasteiger partial charge in [-0.25, -0.2) is 0 Å². The molecule has 4 aromatic rings. The lowest BCUT2D eigenvalue weighted by Gasteiger charge is -2.20. The highest BCUT2D eigenvalue weighted by Crippen LogP contribution is 2.31. The second kappa shape index (κ2) is 8.19. The summed E-state index contributed by atoms with van der Waals surface area (Å²) in [4.78, 5) is 22.1. The maximum atomic E-state index is 12.6. The number of para-hydroxylation sites is 1. The van der Waals surface area contributed by atoms with Gasteiger partial charge in [-0.3, -0.25) is 9.78 Å². The van der Waals surface area contributed by atoms with E-state index in [-0.39, 0.29) is 11.8 Å². The molecule has 5 nitrogen and oxygen atoms in total. The monoisotopic (exact) mass is 384 g/mol. The predicted molar refractivity (Wildman–Crippen MR) is 117 cm³/mol. The largest absolute Gasteiger partial charge is 0.378 e. The molecule has 0 saturated heterocycles. The molecule has 0 bridgehead atoms. The highest BCUT2D eigenvalue weighted by molar-refractivity contribution is 5.94. The number of aromatic nitrogens is 2. The van der Waals surface area contributed by atoms with Gasteiger partial charge >= 0.3 is 0 Å². The van der Waals surface area contributed by atoms with Gasteiger partial charge in [-0.15, -0.1) is 0 Å². The highest BCUT2D eigenvalue weighted by atomic mass is 16.1. The molecular formula is C24H24N4O. The lowest BCUT2D eigenvalue weighted by atomic mass is 9.90. The summed E-state index contributed by atoms with van der Waals surface area (Å²) < 4.78 is 0. The van der Waals surface area contributed by atoms with Crippen LogP contribution >= 0.6 is 0 Å². The molecule has 0 aliphatic rings. The van der Waals surface area contributed by atoms with Gasteiger partial charge in [-0.2, -0.15) is 0 Å². The van der Waals surface area contributed by atoms with Gasteiger partial charge in [-0.05, 0) is 41.5 Å².